The lowest BCUT2D eigenvalue weighted by molar-refractivity contribution is -0.137. The van der Waals surface area contributed by atoms with Crippen LogP contribution in [0.2, 0.25) is 0 Å². The van der Waals surface area contributed by atoms with Crippen molar-refractivity contribution in [3.05, 3.63) is 46.4 Å². The van der Waals surface area contributed by atoms with Crippen molar-refractivity contribution in [1.82, 2.24) is 0 Å². The Morgan fingerprint density at radius 2 is 1.95 bits per heavy atom. The number of hydrogen-bond acceptors (Lipinski definition) is 3. The van der Waals surface area contributed by atoms with Gasteiger partial charge >= 0.3 is 5.97 Å². The number of esters is 1. The number of carbonyl (C=O) groups is 1. The largest absolute Gasteiger partial charge is 0.466 e. The molecular formula is C19H26O2S. The second kappa shape index (κ2) is 7.36. The molecule has 1 aromatic carbocycles. The molecule has 1 unspecified atom stereocenters. The smallest absolute Gasteiger partial charge is 0.334 e. The molecule has 0 aliphatic heterocycles. The van der Waals surface area contributed by atoms with Crippen molar-refractivity contribution < 1.29 is 9.53 Å². The van der Waals surface area contributed by atoms with Crippen molar-refractivity contribution in [1.29, 1.82) is 0 Å². The van der Waals surface area contributed by atoms with Crippen molar-refractivity contribution in [3.63, 3.8) is 0 Å². The van der Waals surface area contributed by atoms with Gasteiger partial charge in [-0.05, 0) is 41.1 Å². The maximum Gasteiger partial charge on any atom is 0.334 e. The van der Waals surface area contributed by atoms with E-state index in [9.17, 15) is 4.79 Å². The average molecular weight is 318 g/mol. The number of methoxy groups -OCH3 is 1. The first-order chi connectivity index (χ1) is 10.4. The minimum absolute atomic E-state index is 0.0858. The summed E-state index contributed by atoms with van der Waals surface area (Å²) in [5.41, 5.74) is 2.30. The van der Waals surface area contributed by atoms with Gasteiger partial charge in [-0.2, -0.15) is 0 Å². The van der Waals surface area contributed by atoms with Crippen molar-refractivity contribution in [3.8, 4) is 0 Å². The minimum Gasteiger partial charge on any atom is -0.466 e. The number of ether oxygens (including phenoxy) is 1. The van der Waals surface area contributed by atoms with Crippen LogP contribution >= 0.6 is 11.8 Å². The van der Waals surface area contributed by atoms with E-state index in [0.29, 0.717) is 0 Å². The summed E-state index contributed by atoms with van der Waals surface area (Å²) in [6.07, 6.45) is 3.22. The summed E-state index contributed by atoms with van der Waals surface area (Å²) < 4.78 is 5.09. The number of carbonyl (C=O) groups excluding carboxylic acids is 1. The van der Waals surface area contributed by atoms with E-state index in [1.807, 2.05) is 6.07 Å². The van der Waals surface area contributed by atoms with Gasteiger partial charge in [0.15, 0.2) is 0 Å². The van der Waals surface area contributed by atoms with Crippen LogP contribution in [0.5, 0.6) is 0 Å². The standard InChI is InChI=1S/C19H26O2S/c1-19(2,3)15-11-8-12-16(17(15)18(20)21-4)22-13-14-9-6-5-7-10-14/h5-7,9-10,15H,8,11-13H2,1-4H3. The molecule has 0 radical (unpaired) electrons. The Kier molecular flexibility index (Phi) is 5.74. The molecule has 0 fully saturated rings. The summed E-state index contributed by atoms with van der Waals surface area (Å²) in [6.45, 7) is 6.64. The van der Waals surface area contributed by atoms with Crippen LogP contribution in [0.15, 0.2) is 40.8 Å². The van der Waals surface area contributed by atoms with Crippen molar-refractivity contribution in [2.45, 2.75) is 45.8 Å². The molecule has 3 heteroatoms. The fourth-order valence-corrected chi connectivity index (χ4v) is 4.27. The number of benzene rings is 1. The van der Waals surface area contributed by atoms with E-state index in [1.54, 1.807) is 11.8 Å². The number of rotatable bonds is 4. The predicted octanol–water partition coefficient (Wildman–Crippen LogP) is 5.19. The average Bonchev–Trinajstić information content (AvgIpc) is 2.52. The van der Waals surface area contributed by atoms with E-state index in [2.05, 4.69) is 45.0 Å². The van der Waals surface area contributed by atoms with E-state index < -0.39 is 0 Å². The Balaban J connectivity index is 2.26. The van der Waals surface area contributed by atoms with Gasteiger partial charge < -0.3 is 4.74 Å². The lowest BCUT2D eigenvalue weighted by atomic mass is 9.71. The molecule has 0 saturated heterocycles. The second-order valence-electron chi connectivity index (χ2n) is 6.91. The third-order valence-corrected chi connectivity index (χ3v) is 5.50. The van der Waals surface area contributed by atoms with Crippen LogP contribution in [-0.4, -0.2) is 13.1 Å². The highest BCUT2D eigenvalue weighted by molar-refractivity contribution is 8.02. The molecule has 0 heterocycles. The quantitative estimate of drug-likeness (QED) is 0.714. The molecule has 0 N–H and O–H groups in total. The van der Waals surface area contributed by atoms with Gasteiger partial charge in [0.05, 0.1) is 12.7 Å². The van der Waals surface area contributed by atoms with E-state index in [4.69, 9.17) is 4.74 Å². The van der Waals surface area contributed by atoms with Gasteiger partial charge in [0, 0.05) is 5.75 Å². The van der Waals surface area contributed by atoms with Crippen LogP contribution in [0.4, 0.5) is 0 Å². The van der Waals surface area contributed by atoms with Crippen molar-refractivity contribution >= 4 is 17.7 Å². The first kappa shape index (κ1) is 17.1. The fraction of sp³-hybridized carbons (Fsp3) is 0.526. The Hall–Kier alpha value is -1.22. The molecule has 1 aliphatic rings. The SMILES string of the molecule is COC(=O)C1=C(SCc2ccccc2)CCCC1C(C)(C)C. The molecule has 0 saturated carbocycles. The molecule has 2 nitrogen and oxygen atoms in total. The van der Waals surface area contributed by atoms with Crippen LogP contribution in [0.1, 0.15) is 45.6 Å². The topological polar surface area (TPSA) is 26.3 Å². The minimum atomic E-state index is -0.143. The molecule has 0 bridgehead atoms. The van der Waals surface area contributed by atoms with Crippen LogP contribution in [0.3, 0.4) is 0 Å². The summed E-state index contributed by atoms with van der Waals surface area (Å²) in [4.78, 5) is 13.6. The van der Waals surface area contributed by atoms with E-state index >= 15 is 0 Å². The zero-order chi connectivity index (χ0) is 16.2. The molecule has 120 valence electrons. The van der Waals surface area contributed by atoms with Crippen molar-refractivity contribution in [2.24, 2.45) is 11.3 Å². The molecular weight excluding hydrogens is 292 g/mol. The lowest BCUT2D eigenvalue weighted by Gasteiger charge is -2.36. The van der Waals surface area contributed by atoms with E-state index in [-0.39, 0.29) is 17.3 Å². The molecule has 0 amide bonds. The second-order valence-corrected chi connectivity index (χ2v) is 7.98. The first-order valence-electron chi connectivity index (χ1n) is 7.91. The summed E-state index contributed by atoms with van der Waals surface area (Å²) in [6, 6.07) is 10.4. The van der Waals surface area contributed by atoms with E-state index in [0.717, 1.165) is 30.6 Å². The van der Waals surface area contributed by atoms with Crippen LogP contribution in [-0.2, 0) is 15.3 Å². The van der Waals surface area contributed by atoms with Gasteiger partial charge in [-0.1, -0.05) is 51.1 Å². The van der Waals surface area contributed by atoms with Gasteiger partial charge in [-0.3, -0.25) is 0 Å². The zero-order valence-corrected chi connectivity index (χ0v) is 14.8. The Morgan fingerprint density at radius 1 is 1.27 bits per heavy atom. The highest BCUT2D eigenvalue weighted by Crippen LogP contribution is 2.45. The number of thioether (sulfide) groups is 1. The molecule has 1 aromatic rings. The summed E-state index contributed by atoms with van der Waals surface area (Å²) in [5.74, 6) is 1.05. The summed E-state index contributed by atoms with van der Waals surface area (Å²) >= 11 is 1.80. The zero-order valence-electron chi connectivity index (χ0n) is 14.0. The molecule has 0 spiro atoms. The Morgan fingerprint density at radius 3 is 2.55 bits per heavy atom. The Bertz CT molecular complexity index is 540. The van der Waals surface area contributed by atoms with Gasteiger partial charge in [-0.15, -0.1) is 11.8 Å². The van der Waals surface area contributed by atoms with Gasteiger partial charge in [-0.25, -0.2) is 4.79 Å². The lowest BCUT2D eigenvalue weighted by Crippen LogP contribution is -2.30. The molecule has 22 heavy (non-hydrogen) atoms. The van der Waals surface area contributed by atoms with Gasteiger partial charge in [0.2, 0.25) is 0 Å². The third-order valence-electron chi connectivity index (χ3n) is 4.25. The van der Waals surface area contributed by atoms with Crippen molar-refractivity contribution in [2.75, 3.05) is 7.11 Å². The molecule has 1 atom stereocenters. The first-order valence-corrected chi connectivity index (χ1v) is 8.90. The van der Waals surface area contributed by atoms with Crippen LogP contribution in [0, 0.1) is 11.3 Å². The molecule has 1 aliphatic carbocycles. The molecule has 2 rings (SSSR count). The molecule has 0 aromatic heterocycles. The van der Waals surface area contributed by atoms with Gasteiger partial charge in [0.1, 0.15) is 0 Å². The Labute approximate surface area is 138 Å². The maximum atomic E-state index is 12.4. The fourth-order valence-electron chi connectivity index (χ4n) is 3.07. The maximum absolute atomic E-state index is 12.4. The monoisotopic (exact) mass is 318 g/mol. The normalized spacial score (nSPS) is 19.2. The predicted molar refractivity (Wildman–Crippen MR) is 93.6 cm³/mol. The number of allylic oxidation sites excluding steroid dienone is 1. The van der Waals surface area contributed by atoms with E-state index in [1.165, 1.54) is 17.6 Å². The van der Waals surface area contributed by atoms with Crippen LogP contribution < -0.4 is 0 Å². The summed E-state index contributed by atoms with van der Waals surface area (Å²) in [7, 11) is 1.49. The van der Waals surface area contributed by atoms with Gasteiger partial charge in [0.25, 0.3) is 0 Å². The highest BCUT2D eigenvalue weighted by Gasteiger charge is 2.36. The third kappa shape index (κ3) is 4.16. The highest BCUT2D eigenvalue weighted by atomic mass is 32.2. The summed E-state index contributed by atoms with van der Waals surface area (Å²) in [5, 5.41) is 0. The number of hydrogen-bond donors (Lipinski definition) is 0. The van der Waals surface area contributed by atoms with Crippen LogP contribution in [0.25, 0.3) is 0 Å².